The Bertz CT molecular complexity index is 784. The quantitative estimate of drug-likeness (QED) is 0.561. The zero-order valence-corrected chi connectivity index (χ0v) is 18.5. The van der Waals surface area contributed by atoms with Gasteiger partial charge in [-0.05, 0) is 31.0 Å². The molecule has 1 saturated carbocycles. The van der Waals surface area contributed by atoms with E-state index in [-0.39, 0.29) is 5.75 Å². The predicted octanol–water partition coefficient (Wildman–Crippen LogP) is 2.56. The van der Waals surface area contributed by atoms with Gasteiger partial charge in [-0.15, -0.1) is 0 Å². The second kappa shape index (κ2) is 9.50. The van der Waals surface area contributed by atoms with Crippen molar-refractivity contribution >= 4 is 27.7 Å². The van der Waals surface area contributed by atoms with E-state index in [1.54, 1.807) is 0 Å². The van der Waals surface area contributed by atoms with Crippen LogP contribution in [0.15, 0.2) is 29.3 Å². The van der Waals surface area contributed by atoms with E-state index in [2.05, 4.69) is 31.7 Å². The van der Waals surface area contributed by atoms with Gasteiger partial charge < -0.3 is 10.2 Å². The van der Waals surface area contributed by atoms with E-state index in [1.807, 2.05) is 31.3 Å². The first-order valence-corrected chi connectivity index (χ1v) is 12.7. The molecule has 0 bridgehead atoms. The third kappa shape index (κ3) is 5.64. The molecule has 1 aromatic carbocycles. The summed E-state index contributed by atoms with van der Waals surface area (Å²) in [6, 6.07) is 7.73. The summed E-state index contributed by atoms with van der Waals surface area (Å²) >= 11 is 2.15. The van der Waals surface area contributed by atoms with Crippen LogP contribution in [-0.4, -0.2) is 57.0 Å². The summed E-state index contributed by atoms with van der Waals surface area (Å²) in [7, 11) is 0.0230. The van der Waals surface area contributed by atoms with Crippen molar-refractivity contribution in [2.75, 3.05) is 32.9 Å². The average Bonchev–Trinajstić information content (AvgIpc) is 2.69. The maximum absolute atomic E-state index is 11.8. The van der Waals surface area contributed by atoms with Crippen molar-refractivity contribution in [1.82, 2.24) is 14.9 Å². The molecular formula is C20H32N4O2S2. The number of rotatable bonds is 5. The Kier molecular flexibility index (Phi) is 7.28. The maximum Gasteiger partial charge on any atom is 0.215 e. The highest BCUT2D eigenvalue weighted by molar-refractivity contribution is 8.00. The molecule has 1 aliphatic carbocycles. The standard InChI is InChI=1S/C20H32N4O2S2/c1-21-19(24-11-12-27-20(16-24)9-4-3-5-10-20)23-14-17-7-6-8-18(13-17)15-28(25,26)22-2/h6-8,13,22H,3-5,9-12,14-16H2,1-2H3,(H,21,23). The Labute approximate surface area is 173 Å². The van der Waals surface area contributed by atoms with Gasteiger partial charge in [0.25, 0.3) is 0 Å². The first-order chi connectivity index (χ1) is 13.5. The Morgan fingerprint density at radius 1 is 1.25 bits per heavy atom. The Balaban J connectivity index is 1.61. The molecule has 156 valence electrons. The minimum atomic E-state index is -3.26. The molecule has 2 fully saturated rings. The summed E-state index contributed by atoms with van der Waals surface area (Å²) in [4.78, 5) is 6.92. The molecule has 1 spiro atoms. The minimum Gasteiger partial charge on any atom is -0.352 e. The van der Waals surface area contributed by atoms with Crippen LogP contribution in [0.2, 0.25) is 0 Å². The van der Waals surface area contributed by atoms with Crippen LogP contribution >= 0.6 is 11.8 Å². The third-order valence-corrected chi connectivity index (χ3v) is 8.51. The first kappa shape index (κ1) is 21.5. The van der Waals surface area contributed by atoms with Crippen LogP contribution < -0.4 is 10.0 Å². The smallest absolute Gasteiger partial charge is 0.215 e. The fourth-order valence-corrected chi connectivity index (χ4v) is 6.49. The molecule has 1 heterocycles. The van der Waals surface area contributed by atoms with Crippen molar-refractivity contribution in [2.24, 2.45) is 4.99 Å². The van der Waals surface area contributed by atoms with Crippen molar-refractivity contribution < 1.29 is 8.42 Å². The van der Waals surface area contributed by atoms with Gasteiger partial charge in [-0.2, -0.15) is 11.8 Å². The largest absolute Gasteiger partial charge is 0.352 e. The normalized spacial score (nSPS) is 20.4. The van der Waals surface area contributed by atoms with Crippen LogP contribution in [0.5, 0.6) is 0 Å². The second-order valence-corrected chi connectivity index (χ2v) is 11.2. The number of thioether (sulfide) groups is 1. The molecule has 8 heteroatoms. The lowest BCUT2D eigenvalue weighted by molar-refractivity contribution is 0.293. The molecule has 6 nitrogen and oxygen atoms in total. The van der Waals surface area contributed by atoms with Crippen LogP contribution in [0.4, 0.5) is 0 Å². The highest BCUT2D eigenvalue weighted by Gasteiger charge is 2.38. The number of nitrogens with one attached hydrogen (secondary N) is 2. The minimum absolute atomic E-state index is 0.00205. The van der Waals surface area contributed by atoms with Gasteiger partial charge in [0.2, 0.25) is 10.0 Å². The molecule has 28 heavy (non-hydrogen) atoms. The molecule has 0 unspecified atom stereocenters. The van der Waals surface area contributed by atoms with Crippen LogP contribution in [0, 0.1) is 0 Å². The monoisotopic (exact) mass is 424 g/mol. The average molecular weight is 425 g/mol. The van der Waals surface area contributed by atoms with Gasteiger partial charge in [0.05, 0.1) is 5.75 Å². The summed E-state index contributed by atoms with van der Waals surface area (Å²) in [6.07, 6.45) is 6.68. The summed E-state index contributed by atoms with van der Waals surface area (Å²) in [5, 5.41) is 3.48. The second-order valence-electron chi connectivity index (χ2n) is 7.70. The topological polar surface area (TPSA) is 73.8 Å². The zero-order valence-electron chi connectivity index (χ0n) is 16.9. The fraction of sp³-hybridized carbons (Fsp3) is 0.650. The molecule has 0 atom stereocenters. The molecule has 1 aromatic rings. The van der Waals surface area contributed by atoms with Gasteiger partial charge in [-0.3, -0.25) is 4.99 Å². The molecule has 2 N–H and O–H groups in total. The predicted molar refractivity (Wildman–Crippen MR) is 118 cm³/mol. The summed E-state index contributed by atoms with van der Waals surface area (Å²) in [6.45, 7) is 2.72. The van der Waals surface area contributed by atoms with Gasteiger partial charge in [0, 0.05) is 37.2 Å². The number of sulfonamides is 1. The molecule has 0 amide bonds. The first-order valence-electron chi connectivity index (χ1n) is 10.0. The van der Waals surface area contributed by atoms with E-state index in [0.29, 0.717) is 11.3 Å². The van der Waals surface area contributed by atoms with E-state index in [9.17, 15) is 8.42 Å². The van der Waals surface area contributed by atoms with Crippen LogP contribution in [0.25, 0.3) is 0 Å². The molecule has 0 aromatic heterocycles. The summed E-state index contributed by atoms with van der Waals surface area (Å²) in [5.74, 6) is 2.09. The van der Waals surface area contributed by atoms with Gasteiger partial charge >= 0.3 is 0 Å². The molecule has 2 aliphatic rings. The van der Waals surface area contributed by atoms with Crippen molar-refractivity contribution in [3.05, 3.63) is 35.4 Å². The van der Waals surface area contributed by atoms with Gasteiger partial charge in [-0.1, -0.05) is 43.5 Å². The lowest BCUT2D eigenvalue weighted by Crippen LogP contribution is -2.53. The van der Waals surface area contributed by atoms with Gasteiger partial charge in [0.1, 0.15) is 0 Å². The van der Waals surface area contributed by atoms with Crippen molar-refractivity contribution in [1.29, 1.82) is 0 Å². The zero-order chi connectivity index (χ0) is 20.0. The third-order valence-electron chi connectivity index (χ3n) is 5.63. The van der Waals surface area contributed by atoms with Crippen molar-refractivity contribution in [3.63, 3.8) is 0 Å². The fourth-order valence-electron chi connectivity index (χ4n) is 4.16. The summed E-state index contributed by atoms with van der Waals surface area (Å²) in [5.41, 5.74) is 1.85. The van der Waals surface area contributed by atoms with Crippen LogP contribution in [-0.2, 0) is 22.3 Å². The Morgan fingerprint density at radius 3 is 2.71 bits per heavy atom. The van der Waals surface area contributed by atoms with Crippen LogP contribution in [0.1, 0.15) is 43.2 Å². The Hall–Kier alpha value is -1.25. The SMILES string of the molecule is CN=C(NCc1cccc(CS(=O)(=O)NC)c1)N1CCSC2(CCCCC2)C1. The summed E-state index contributed by atoms with van der Waals surface area (Å²) < 4.78 is 26.4. The molecule has 3 rings (SSSR count). The highest BCUT2D eigenvalue weighted by atomic mass is 32.2. The lowest BCUT2D eigenvalue weighted by atomic mass is 9.87. The van der Waals surface area contributed by atoms with Crippen LogP contribution in [0.3, 0.4) is 0 Å². The molecule has 1 aliphatic heterocycles. The van der Waals surface area contributed by atoms with E-state index in [1.165, 1.54) is 39.2 Å². The number of guanidine groups is 1. The van der Waals surface area contributed by atoms with E-state index in [4.69, 9.17) is 0 Å². The van der Waals surface area contributed by atoms with Crippen molar-refractivity contribution in [2.45, 2.75) is 49.1 Å². The number of hydrogen-bond donors (Lipinski definition) is 2. The molecule has 1 saturated heterocycles. The number of hydrogen-bond acceptors (Lipinski definition) is 4. The van der Waals surface area contributed by atoms with Gasteiger partial charge in [0.15, 0.2) is 5.96 Å². The van der Waals surface area contributed by atoms with E-state index >= 15 is 0 Å². The maximum atomic E-state index is 11.8. The highest BCUT2D eigenvalue weighted by Crippen LogP contribution is 2.42. The number of aliphatic imine (C=N–C) groups is 1. The van der Waals surface area contributed by atoms with Crippen molar-refractivity contribution in [3.8, 4) is 0 Å². The number of benzene rings is 1. The lowest BCUT2D eigenvalue weighted by Gasteiger charge is -2.45. The molecular weight excluding hydrogens is 392 g/mol. The van der Waals surface area contributed by atoms with Gasteiger partial charge in [-0.25, -0.2) is 13.1 Å². The van der Waals surface area contributed by atoms with E-state index < -0.39 is 10.0 Å². The number of nitrogens with zero attached hydrogens (tertiary/aromatic N) is 2. The van der Waals surface area contributed by atoms with E-state index in [0.717, 1.165) is 35.9 Å². The molecule has 0 radical (unpaired) electrons. The Morgan fingerprint density at radius 2 is 2.00 bits per heavy atom.